The molecule has 10 heteroatoms. The number of alkyl halides is 3. The number of rotatable bonds is 3. The number of benzene rings is 1. The number of hydrogen-bond donors (Lipinski definition) is 2. The van der Waals surface area contributed by atoms with Crippen LogP contribution in [0, 0.1) is 0 Å². The molecule has 0 saturated carbocycles. The van der Waals surface area contributed by atoms with Crippen LogP contribution >= 0.6 is 0 Å². The summed E-state index contributed by atoms with van der Waals surface area (Å²) in [4.78, 5) is 14.3. The van der Waals surface area contributed by atoms with Crippen LogP contribution in [0.4, 0.5) is 29.3 Å². The molecule has 6 nitrogen and oxygen atoms in total. The summed E-state index contributed by atoms with van der Waals surface area (Å²) in [5.41, 5.74) is -1.19. The number of carbonyl (C=O) groups excluding carboxylic acids is 1. The molecule has 0 aromatic heterocycles. The van der Waals surface area contributed by atoms with E-state index in [0.29, 0.717) is 18.8 Å². The summed E-state index contributed by atoms with van der Waals surface area (Å²) in [5.74, 6) is -0.207. The molecule has 0 spiro atoms. The first kappa shape index (κ1) is 19.8. The van der Waals surface area contributed by atoms with Crippen molar-refractivity contribution in [2.75, 3.05) is 34.8 Å². The molecule has 0 radical (unpaired) electrons. The first-order valence-electron chi connectivity index (χ1n) is 8.73. The molecule has 2 amide bonds. The maximum absolute atomic E-state index is 13.1. The van der Waals surface area contributed by atoms with E-state index in [1.54, 1.807) is 6.92 Å². The molecule has 1 unspecified atom stereocenters. The minimum absolute atomic E-state index is 0.0215. The summed E-state index contributed by atoms with van der Waals surface area (Å²) in [6.45, 7) is 3.03. The Morgan fingerprint density at radius 1 is 1.22 bits per heavy atom. The van der Waals surface area contributed by atoms with Crippen LogP contribution in [0.25, 0.3) is 0 Å². The van der Waals surface area contributed by atoms with Crippen LogP contribution in [0.3, 0.4) is 0 Å². The minimum atomic E-state index is -4.53. The van der Waals surface area contributed by atoms with Gasteiger partial charge in [0, 0.05) is 13.1 Å². The largest absolute Gasteiger partial charge is 0.416 e. The lowest BCUT2D eigenvalue weighted by Crippen LogP contribution is -2.48. The van der Waals surface area contributed by atoms with Crippen molar-refractivity contribution in [3.63, 3.8) is 0 Å². The van der Waals surface area contributed by atoms with E-state index in [4.69, 9.17) is 0 Å². The highest BCUT2D eigenvalue weighted by Crippen LogP contribution is 2.36. The van der Waals surface area contributed by atoms with Gasteiger partial charge < -0.3 is 15.5 Å². The quantitative estimate of drug-likeness (QED) is 0.810. The predicted octanol–water partition coefficient (Wildman–Crippen LogP) is 3.00. The third-order valence-electron chi connectivity index (χ3n) is 4.94. The van der Waals surface area contributed by atoms with Gasteiger partial charge in [-0.15, -0.1) is 0 Å². The van der Waals surface area contributed by atoms with Gasteiger partial charge >= 0.3 is 12.2 Å². The molecule has 2 saturated heterocycles. The van der Waals surface area contributed by atoms with E-state index in [1.807, 2.05) is 4.90 Å². The summed E-state index contributed by atoms with van der Waals surface area (Å²) in [5, 5.41) is 5.10. The molecule has 3 rings (SSSR count). The van der Waals surface area contributed by atoms with Crippen molar-refractivity contribution in [2.24, 2.45) is 0 Å². The van der Waals surface area contributed by atoms with Crippen LogP contribution in [-0.4, -0.2) is 44.6 Å². The Balaban J connectivity index is 1.82. The molecule has 2 N–H and O–H groups in total. The Bertz CT molecular complexity index is 836. The smallest absolute Gasteiger partial charge is 0.370 e. The molecular formula is C17H22F3N3O3S. The summed E-state index contributed by atoms with van der Waals surface area (Å²) in [7, 11) is -3.22. The fourth-order valence-electron chi connectivity index (χ4n) is 3.58. The van der Waals surface area contributed by atoms with Crippen molar-refractivity contribution in [1.82, 2.24) is 5.32 Å². The summed E-state index contributed by atoms with van der Waals surface area (Å²) in [6, 6.07) is 2.57. The SMILES string of the molecule is CC1(NC(=O)Nc2cc(C(F)(F)F)ccc2N2CCCC2)CCS(=O)(=O)C1. The Kier molecular flexibility index (Phi) is 5.04. The van der Waals surface area contributed by atoms with Gasteiger partial charge in [-0.1, -0.05) is 0 Å². The normalized spacial score (nSPS) is 24.8. The van der Waals surface area contributed by atoms with Crippen molar-refractivity contribution in [3.05, 3.63) is 23.8 Å². The number of amides is 2. The lowest BCUT2D eigenvalue weighted by Gasteiger charge is -2.26. The maximum atomic E-state index is 13.1. The zero-order chi connectivity index (χ0) is 19.9. The zero-order valence-electron chi connectivity index (χ0n) is 14.9. The molecule has 2 heterocycles. The Hall–Kier alpha value is -1.97. The lowest BCUT2D eigenvalue weighted by atomic mass is 10.0. The van der Waals surface area contributed by atoms with Crippen LogP contribution in [0.1, 0.15) is 31.7 Å². The molecular weight excluding hydrogens is 383 g/mol. The monoisotopic (exact) mass is 405 g/mol. The second-order valence-corrected chi connectivity index (χ2v) is 9.59. The van der Waals surface area contributed by atoms with Crippen molar-refractivity contribution < 1.29 is 26.4 Å². The van der Waals surface area contributed by atoms with Crippen LogP contribution in [-0.2, 0) is 16.0 Å². The second-order valence-electron chi connectivity index (χ2n) is 7.41. The van der Waals surface area contributed by atoms with Crippen LogP contribution in [0.5, 0.6) is 0 Å². The van der Waals surface area contributed by atoms with Gasteiger partial charge in [0.25, 0.3) is 0 Å². The molecule has 1 atom stereocenters. The maximum Gasteiger partial charge on any atom is 0.416 e. The average molecular weight is 405 g/mol. The Morgan fingerprint density at radius 3 is 2.44 bits per heavy atom. The van der Waals surface area contributed by atoms with Crippen molar-refractivity contribution in [1.29, 1.82) is 0 Å². The van der Waals surface area contributed by atoms with Crippen LogP contribution in [0.2, 0.25) is 0 Å². The predicted molar refractivity (Wildman–Crippen MR) is 96.7 cm³/mol. The Labute approximate surface area is 156 Å². The number of anilines is 2. The molecule has 2 aliphatic rings. The van der Waals surface area contributed by atoms with Crippen molar-refractivity contribution in [3.8, 4) is 0 Å². The summed E-state index contributed by atoms with van der Waals surface area (Å²) >= 11 is 0. The van der Waals surface area contributed by atoms with Gasteiger partial charge in [0.1, 0.15) is 0 Å². The molecule has 1 aromatic rings. The van der Waals surface area contributed by atoms with E-state index in [0.717, 1.165) is 25.0 Å². The molecule has 150 valence electrons. The summed E-state index contributed by atoms with van der Waals surface area (Å²) < 4.78 is 62.6. The highest BCUT2D eigenvalue weighted by molar-refractivity contribution is 7.91. The van der Waals surface area contributed by atoms with E-state index in [1.165, 1.54) is 6.07 Å². The highest BCUT2D eigenvalue weighted by atomic mass is 32.2. The first-order chi connectivity index (χ1) is 12.5. The minimum Gasteiger partial charge on any atom is -0.370 e. The van der Waals surface area contributed by atoms with Crippen molar-refractivity contribution in [2.45, 2.75) is 37.9 Å². The molecule has 2 aliphatic heterocycles. The number of nitrogens with one attached hydrogen (secondary N) is 2. The molecule has 2 fully saturated rings. The van der Waals surface area contributed by atoms with Gasteiger partial charge in [0.05, 0.1) is 34.0 Å². The van der Waals surface area contributed by atoms with Gasteiger partial charge in [-0.05, 0) is 44.4 Å². The number of sulfone groups is 1. The molecule has 0 bridgehead atoms. The molecule has 1 aromatic carbocycles. The van der Waals surface area contributed by atoms with Crippen LogP contribution in [0.15, 0.2) is 18.2 Å². The Morgan fingerprint density at radius 2 is 1.89 bits per heavy atom. The fourth-order valence-corrected chi connectivity index (χ4v) is 5.68. The van der Waals surface area contributed by atoms with Crippen molar-refractivity contribution >= 4 is 27.2 Å². The number of hydrogen-bond acceptors (Lipinski definition) is 4. The lowest BCUT2D eigenvalue weighted by molar-refractivity contribution is -0.137. The highest BCUT2D eigenvalue weighted by Gasteiger charge is 2.39. The van der Waals surface area contributed by atoms with E-state index in [2.05, 4.69) is 10.6 Å². The van der Waals surface area contributed by atoms with Crippen LogP contribution < -0.4 is 15.5 Å². The number of halogens is 3. The topological polar surface area (TPSA) is 78.5 Å². The fraction of sp³-hybridized carbons (Fsp3) is 0.588. The van der Waals surface area contributed by atoms with Gasteiger partial charge in [-0.25, -0.2) is 13.2 Å². The van der Waals surface area contributed by atoms with Gasteiger partial charge in [-0.3, -0.25) is 0 Å². The standard InChI is InChI=1S/C17H22F3N3O3S/c1-16(6-9-27(25,26)11-16)22-15(24)21-13-10-12(17(18,19)20)4-5-14(13)23-7-2-3-8-23/h4-5,10H,2-3,6-9,11H2,1H3,(H2,21,22,24). The third kappa shape index (κ3) is 4.66. The second kappa shape index (κ2) is 6.88. The van der Waals surface area contributed by atoms with Gasteiger partial charge in [0.2, 0.25) is 0 Å². The number of urea groups is 1. The first-order valence-corrected chi connectivity index (χ1v) is 10.6. The van der Waals surface area contributed by atoms with Gasteiger partial charge in [-0.2, -0.15) is 13.2 Å². The molecule has 0 aliphatic carbocycles. The van der Waals surface area contributed by atoms with E-state index in [9.17, 15) is 26.4 Å². The van der Waals surface area contributed by atoms with E-state index >= 15 is 0 Å². The third-order valence-corrected chi connectivity index (χ3v) is 6.84. The summed E-state index contributed by atoms with van der Waals surface area (Å²) in [6.07, 6.45) is -2.39. The van der Waals surface area contributed by atoms with Gasteiger partial charge in [0.15, 0.2) is 9.84 Å². The molecule has 27 heavy (non-hydrogen) atoms. The zero-order valence-corrected chi connectivity index (χ0v) is 15.7. The van der Waals surface area contributed by atoms with E-state index in [-0.39, 0.29) is 23.6 Å². The number of nitrogens with zero attached hydrogens (tertiary/aromatic N) is 1. The van der Waals surface area contributed by atoms with E-state index < -0.39 is 33.1 Å². The average Bonchev–Trinajstić information content (AvgIpc) is 3.14. The number of carbonyl (C=O) groups is 1.